The summed E-state index contributed by atoms with van der Waals surface area (Å²) in [5.41, 5.74) is 7.67. The SMILES string of the molecule is Cc1cc([N+](=O)[O-])c(Cl)cc1N1C(C)CCCC1CN. The lowest BCUT2D eigenvalue weighted by atomic mass is 9.94. The summed E-state index contributed by atoms with van der Waals surface area (Å²) in [4.78, 5) is 12.8. The molecule has 0 saturated carbocycles. The number of nitro benzene ring substituents is 1. The number of halogens is 1. The molecule has 0 aromatic heterocycles. The second-order valence-electron chi connectivity index (χ2n) is 5.42. The van der Waals surface area contributed by atoms with E-state index < -0.39 is 4.92 Å². The van der Waals surface area contributed by atoms with Crippen molar-refractivity contribution in [2.45, 2.75) is 45.2 Å². The first-order valence-corrected chi connectivity index (χ1v) is 7.26. The Morgan fingerprint density at radius 2 is 2.20 bits per heavy atom. The molecule has 20 heavy (non-hydrogen) atoms. The zero-order chi connectivity index (χ0) is 14.9. The van der Waals surface area contributed by atoms with E-state index in [2.05, 4.69) is 11.8 Å². The van der Waals surface area contributed by atoms with Crippen LogP contribution in [0.1, 0.15) is 31.7 Å². The highest BCUT2D eigenvalue weighted by Crippen LogP contribution is 2.37. The fourth-order valence-electron chi connectivity index (χ4n) is 3.03. The molecular formula is C14H20ClN3O2. The van der Waals surface area contributed by atoms with Crippen LogP contribution in [-0.4, -0.2) is 23.6 Å². The van der Waals surface area contributed by atoms with Crippen LogP contribution in [-0.2, 0) is 0 Å². The summed E-state index contributed by atoms with van der Waals surface area (Å²) in [6.07, 6.45) is 3.32. The summed E-state index contributed by atoms with van der Waals surface area (Å²) >= 11 is 6.05. The molecule has 5 nitrogen and oxygen atoms in total. The molecule has 1 aromatic carbocycles. The summed E-state index contributed by atoms with van der Waals surface area (Å²) in [5.74, 6) is 0. The first-order valence-electron chi connectivity index (χ1n) is 6.88. The minimum Gasteiger partial charge on any atom is -0.364 e. The maximum absolute atomic E-state index is 10.9. The molecule has 2 rings (SSSR count). The molecule has 0 aliphatic carbocycles. The van der Waals surface area contributed by atoms with Gasteiger partial charge in [0.1, 0.15) is 5.02 Å². The highest BCUT2D eigenvalue weighted by atomic mass is 35.5. The van der Waals surface area contributed by atoms with Gasteiger partial charge in [0.05, 0.1) is 4.92 Å². The second kappa shape index (κ2) is 5.97. The fourth-order valence-corrected chi connectivity index (χ4v) is 3.25. The third kappa shape index (κ3) is 2.74. The molecule has 0 spiro atoms. The van der Waals surface area contributed by atoms with Gasteiger partial charge in [-0.1, -0.05) is 11.6 Å². The van der Waals surface area contributed by atoms with E-state index in [0.717, 1.165) is 24.1 Å². The van der Waals surface area contributed by atoms with Gasteiger partial charge in [-0.3, -0.25) is 10.1 Å². The number of piperidine rings is 1. The van der Waals surface area contributed by atoms with Crippen LogP contribution < -0.4 is 10.6 Å². The molecule has 1 saturated heterocycles. The predicted octanol–water partition coefficient (Wildman–Crippen LogP) is 3.26. The van der Waals surface area contributed by atoms with Gasteiger partial charge < -0.3 is 10.6 Å². The number of benzene rings is 1. The number of nitrogens with zero attached hydrogens (tertiary/aromatic N) is 2. The van der Waals surface area contributed by atoms with Crippen molar-refractivity contribution in [1.82, 2.24) is 0 Å². The quantitative estimate of drug-likeness (QED) is 0.686. The first-order chi connectivity index (χ1) is 9.45. The second-order valence-corrected chi connectivity index (χ2v) is 5.83. The molecule has 2 N–H and O–H groups in total. The van der Waals surface area contributed by atoms with Crippen molar-refractivity contribution < 1.29 is 4.92 Å². The Morgan fingerprint density at radius 3 is 2.80 bits per heavy atom. The van der Waals surface area contributed by atoms with Crippen LogP contribution in [0, 0.1) is 17.0 Å². The van der Waals surface area contributed by atoms with Crippen molar-refractivity contribution in [1.29, 1.82) is 0 Å². The van der Waals surface area contributed by atoms with Gasteiger partial charge in [0.25, 0.3) is 5.69 Å². The topological polar surface area (TPSA) is 72.4 Å². The number of hydrogen-bond donors (Lipinski definition) is 1. The monoisotopic (exact) mass is 297 g/mol. The normalized spacial score (nSPS) is 22.9. The Labute approximate surface area is 123 Å². The van der Waals surface area contributed by atoms with Crippen LogP contribution in [0.25, 0.3) is 0 Å². The van der Waals surface area contributed by atoms with Crippen LogP contribution >= 0.6 is 11.6 Å². The molecule has 1 aliphatic rings. The number of nitro groups is 1. The number of anilines is 1. The van der Waals surface area contributed by atoms with Gasteiger partial charge in [0, 0.05) is 30.4 Å². The minimum absolute atomic E-state index is 0.0399. The molecule has 1 aromatic rings. The summed E-state index contributed by atoms with van der Waals surface area (Å²) in [5, 5.41) is 11.1. The maximum atomic E-state index is 10.9. The van der Waals surface area contributed by atoms with E-state index in [1.807, 2.05) is 6.92 Å². The molecule has 1 heterocycles. The van der Waals surface area contributed by atoms with Crippen LogP contribution in [0.2, 0.25) is 5.02 Å². The van der Waals surface area contributed by atoms with Gasteiger partial charge in [0.2, 0.25) is 0 Å². The predicted molar refractivity (Wildman–Crippen MR) is 81.5 cm³/mol. The minimum atomic E-state index is -0.445. The third-order valence-corrected chi connectivity index (χ3v) is 4.34. The van der Waals surface area contributed by atoms with Crippen molar-refractivity contribution in [2.75, 3.05) is 11.4 Å². The van der Waals surface area contributed by atoms with Gasteiger partial charge in [-0.05, 0) is 44.7 Å². The van der Waals surface area contributed by atoms with Crippen molar-refractivity contribution in [2.24, 2.45) is 5.73 Å². The number of hydrogen-bond acceptors (Lipinski definition) is 4. The lowest BCUT2D eigenvalue weighted by Gasteiger charge is -2.43. The lowest BCUT2D eigenvalue weighted by Crippen LogP contribution is -2.49. The van der Waals surface area contributed by atoms with Crippen molar-refractivity contribution in [3.8, 4) is 0 Å². The molecule has 0 radical (unpaired) electrons. The van der Waals surface area contributed by atoms with Crippen LogP contribution in [0.3, 0.4) is 0 Å². The maximum Gasteiger partial charge on any atom is 0.288 e. The Morgan fingerprint density at radius 1 is 1.50 bits per heavy atom. The van der Waals surface area contributed by atoms with Crippen LogP contribution in [0.4, 0.5) is 11.4 Å². The Balaban J connectivity index is 2.45. The van der Waals surface area contributed by atoms with E-state index in [-0.39, 0.29) is 16.8 Å². The van der Waals surface area contributed by atoms with Gasteiger partial charge in [-0.15, -0.1) is 0 Å². The van der Waals surface area contributed by atoms with Gasteiger partial charge in [0.15, 0.2) is 0 Å². The Kier molecular flexibility index (Phi) is 4.50. The molecule has 0 bridgehead atoms. The molecule has 2 unspecified atom stereocenters. The molecule has 1 fully saturated rings. The standard InChI is InChI=1S/C14H20ClN3O2/c1-9-6-14(18(19)20)12(15)7-13(9)17-10(2)4-3-5-11(17)8-16/h6-7,10-11H,3-5,8,16H2,1-2H3. The molecule has 110 valence electrons. The van der Waals surface area contributed by atoms with Crippen LogP contribution in [0.5, 0.6) is 0 Å². The summed E-state index contributed by atoms with van der Waals surface area (Å²) in [7, 11) is 0. The van der Waals surface area contributed by atoms with E-state index in [1.165, 1.54) is 6.42 Å². The van der Waals surface area contributed by atoms with E-state index in [0.29, 0.717) is 12.6 Å². The summed E-state index contributed by atoms with van der Waals surface area (Å²) in [6, 6.07) is 3.90. The molecule has 2 atom stereocenters. The lowest BCUT2D eigenvalue weighted by molar-refractivity contribution is -0.384. The molecule has 6 heteroatoms. The van der Waals surface area contributed by atoms with E-state index in [9.17, 15) is 10.1 Å². The number of nitrogens with two attached hydrogens (primary N) is 1. The summed E-state index contributed by atoms with van der Waals surface area (Å²) in [6.45, 7) is 4.63. The average molecular weight is 298 g/mol. The molecule has 1 aliphatic heterocycles. The smallest absolute Gasteiger partial charge is 0.288 e. The fraction of sp³-hybridized carbons (Fsp3) is 0.571. The van der Waals surface area contributed by atoms with Gasteiger partial charge in [-0.25, -0.2) is 0 Å². The highest BCUT2D eigenvalue weighted by molar-refractivity contribution is 6.33. The van der Waals surface area contributed by atoms with E-state index in [4.69, 9.17) is 17.3 Å². The number of aryl methyl sites for hydroxylation is 1. The van der Waals surface area contributed by atoms with E-state index in [1.54, 1.807) is 12.1 Å². The van der Waals surface area contributed by atoms with Crippen LogP contribution in [0.15, 0.2) is 12.1 Å². The zero-order valence-electron chi connectivity index (χ0n) is 11.8. The third-order valence-electron chi connectivity index (χ3n) is 4.04. The van der Waals surface area contributed by atoms with Crippen molar-refractivity contribution in [3.63, 3.8) is 0 Å². The van der Waals surface area contributed by atoms with E-state index >= 15 is 0 Å². The largest absolute Gasteiger partial charge is 0.364 e. The van der Waals surface area contributed by atoms with Gasteiger partial charge >= 0.3 is 0 Å². The highest BCUT2D eigenvalue weighted by Gasteiger charge is 2.29. The van der Waals surface area contributed by atoms with Crippen molar-refractivity contribution >= 4 is 23.0 Å². The summed E-state index contributed by atoms with van der Waals surface area (Å²) < 4.78 is 0. The molecule has 0 amide bonds. The Bertz CT molecular complexity index is 521. The Hall–Kier alpha value is -1.33. The average Bonchev–Trinajstić information content (AvgIpc) is 2.40. The number of rotatable bonds is 3. The first kappa shape index (κ1) is 15.1. The van der Waals surface area contributed by atoms with Crippen molar-refractivity contribution in [3.05, 3.63) is 32.8 Å². The van der Waals surface area contributed by atoms with Gasteiger partial charge in [-0.2, -0.15) is 0 Å². The zero-order valence-corrected chi connectivity index (χ0v) is 12.6. The molecular weight excluding hydrogens is 278 g/mol.